The highest BCUT2D eigenvalue weighted by atomic mass is 28.3. The van der Waals surface area contributed by atoms with E-state index in [0.717, 1.165) is 38.5 Å². The molecule has 0 fully saturated rings. The van der Waals surface area contributed by atoms with Crippen molar-refractivity contribution >= 4 is 16.1 Å². The molecule has 0 spiro atoms. The van der Waals surface area contributed by atoms with Gasteiger partial charge in [0, 0.05) is 12.8 Å². The normalized spacial score (nSPS) is 12.8. The number of hydrogen-bond acceptors (Lipinski definition) is 2. The second-order valence-electron chi connectivity index (χ2n) is 8.40. The number of unbranched alkanes of at least 4 members (excludes halogenated alkanes) is 5. The molecular weight excluding hydrogens is 352 g/mol. The fourth-order valence-electron chi connectivity index (χ4n) is 1.76. The minimum absolute atomic E-state index is 0.794. The van der Waals surface area contributed by atoms with Crippen LogP contribution in [0.15, 0.2) is 0 Å². The maximum Gasteiger partial charge on any atom is 0.175 e. The molecule has 2 atom stereocenters. The summed E-state index contributed by atoms with van der Waals surface area (Å²) in [7, 11) is -2.88. The third-order valence-electron chi connectivity index (χ3n) is 3.00. The van der Waals surface area contributed by atoms with E-state index in [4.69, 9.17) is 0 Å². The molecule has 0 aliphatic carbocycles. The summed E-state index contributed by atoms with van der Waals surface area (Å²) in [6, 6.07) is 0. The molecule has 0 rings (SSSR count). The Morgan fingerprint density at radius 3 is 1.23 bits per heavy atom. The monoisotopic (exact) mass is 386 g/mol. The summed E-state index contributed by atoms with van der Waals surface area (Å²) in [5, 5.41) is 19.3. The summed E-state index contributed by atoms with van der Waals surface area (Å²) in [5.74, 6) is 17.2. The van der Waals surface area contributed by atoms with Crippen LogP contribution in [0.1, 0.15) is 38.5 Å². The van der Waals surface area contributed by atoms with Crippen LogP contribution in [-0.4, -0.2) is 38.6 Å². The van der Waals surface area contributed by atoms with Gasteiger partial charge >= 0.3 is 0 Å². The molecule has 0 aliphatic heterocycles. The second-order valence-corrected chi connectivity index (χ2v) is 17.9. The SMILES string of the molecule is C[Si](C)(C)C#C[C@H](O)C#CCCCCCCC#C[C@@H](O)C#C[Si](C)(C)C. The fourth-order valence-corrected chi connectivity index (χ4v) is 2.90. The van der Waals surface area contributed by atoms with E-state index in [9.17, 15) is 10.2 Å². The first kappa shape index (κ1) is 24.6. The molecule has 0 aromatic rings. The molecule has 4 heteroatoms. The molecule has 0 heterocycles. The Hall–Kier alpha value is -1.41. The number of hydrogen-bond donors (Lipinski definition) is 2. The van der Waals surface area contributed by atoms with E-state index < -0.39 is 28.4 Å². The van der Waals surface area contributed by atoms with Gasteiger partial charge in [-0.3, -0.25) is 0 Å². The highest BCUT2D eigenvalue weighted by Crippen LogP contribution is 2.04. The fraction of sp³-hybridized carbons (Fsp3) is 0.636. The zero-order valence-electron chi connectivity index (χ0n) is 17.3. The molecule has 0 amide bonds. The zero-order chi connectivity index (χ0) is 20.1. The van der Waals surface area contributed by atoms with Crippen LogP contribution < -0.4 is 0 Å². The number of aliphatic hydroxyl groups is 2. The average Bonchev–Trinajstić information content (AvgIpc) is 2.51. The van der Waals surface area contributed by atoms with Crippen molar-refractivity contribution in [3.63, 3.8) is 0 Å². The lowest BCUT2D eigenvalue weighted by Crippen LogP contribution is -2.17. The van der Waals surface area contributed by atoms with Gasteiger partial charge in [-0.1, -0.05) is 87.6 Å². The molecule has 0 bridgehead atoms. The van der Waals surface area contributed by atoms with Crippen LogP contribution in [0.3, 0.4) is 0 Å². The Labute approximate surface area is 163 Å². The Morgan fingerprint density at radius 1 is 0.577 bits per heavy atom. The van der Waals surface area contributed by atoms with Crippen molar-refractivity contribution in [1.29, 1.82) is 0 Å². The van der Waals surface area contributed by atoms with E-state index in [2.05, 4.69) is 85.9 Å². The average molecular weight is 387 g/mol. The van der Waals surface area contributed by atoms with E-state index in [1.54, 1.807) is 0 Å². The van der Waals surface area contributed by atoms with Crippen molar-refractivity contribution in [3.05, 3.63) is 0 Å². The maximum absolute atomic E-state index is 9.67. The predicted octanol–water partition coefficient (Wildman–Crippen LogP) is 3.82. The second kappa shape index (κ2) is 12.9. The molecule has 26 heavy (non-hydrogen) atoms. The molecule has 2 nitrogen and oxygen atoms in total. The minimum Gasteiger partial charge on any atom is -0.369 e. The molecule has 142 valence electrons. The van der Waals surface area contributed by atoms with Gasteiger partial charge in [-0.2, -0.15) is 0 Å². The molecule has 0 aliphatic rings. The van der Waals surface area contributed by atoms with Gasteiger partial charge in [0.25, 0.3) is 0 Å². The first-order chi connectivity index (χ1) is 12.0. The molecule has 0 saturated carbocycles. The van der Waals surface area contributed by atoms with Gasteiger partial charge in [-0.05, 0) is 12.8 Å². The number of aliphatic hydroxyl groups excluding tert-OH is 2. The topological polar surface area (TPSA) is 40.5 Å². The van der Waals surface area contributed by atoms with E-state index in [-0.39, 0.29) is 0 Å². The van der Waals surface area contributed by atoms with Gasteiger partial charge in [0.2, 0.25) is 0 Å². The van der Waals surface area contributed by atoms with Crippen molar-refractivity contribution in [2.45, 2.75) is 90.0 Å². The van der Waals surface area contributed by atoms with Gasteiger partial charge in [0.1, 0.15) is 16.1 Å². The van der Waals surface area contributed by atoms with E-state index >= 15 is 0 Å². The highest BCUT2D eigenvalue weighted by molar-refractivity contribution is 6.84. The summed E-state index contributed by atoms with van der Waals surface area (Å²) in [6.45, 7) is 12.9. The van der Waals surface area contributed by atoms with Gasteiger partial charge in [-0.15, -0.1) is 11.1 Å². The lowest BCUT2D eigenvalue weighted by molar-refractivity contribution is 0.289. The van der Waals surface area contributed by atoms with Crippen LogP contribution in [0.4, 0.5) is 0 Å². The zero-order valence-corrected chi connectivity index (χ0v) is 19.3. The third kappa shape index (κ3) is 18.9. The van der Waals surface area contributed by atoms with Crippen molar-refractivity contribution < 1.29 is 10.2 Å². The Morgan fingerprint density at radius 2 is 0.923 bits per heavy atom. The molecule has 0 unspecified atom stereocenters. The van der Waals surface area contributed by atoms with Gasteiger partial charge in [-0.25, -0.2) is 0 Å². The van der Waals surface area contributed by atoms with Gasteiger partial charge in [0.15, 0.2) is 12.2 Å². The maximum atomic E-state index is 9.67. The van der Waals surface area contributed by atoms with E-state index in [1.807, 2.05) is 0 Å². The summed E-state index contributed by atoms with van der Waals surface area (Å²) < 4.78 is 0. The van der Waals surface area contributed by atoms with Crippen molar-refractivity contribution in [2.75, 3.05) is 0 Å². The predicted molar refractivity (Wildman–Crippen MR) is 118 cm³/mol. The largest absolute Gasteiger partial charge is 0.369 e. The molecule has 0 saturated heterocycles. The minimum atomic E-state index is -1.44. The molecule has 0 aromatic carbocycles. The standard InChI is InChI=1S/C22H34O2Si2/c1-25(2,3)19-17-21(23)15-13-11-9-7-8-10-12-14-16-22(24)18-20-26(4,5)6/h21-24H,7-12H2,1-6H3/t21-,22-/m1/s1. The smallest absolute Gasteiger partial charge is 0.175 e. The Kier molecular flexibility index (Phi) is 12.2. The van der Waals surface area contributed by atoms with E-state index in [0.29, 0.717) is 0 Å². The first-order valence-electron chi connectivity index (χ1n) is 9.38. The van der Waals surface area contributed by atoms with Crippen LogP contribution >= 0.6 is 0 Å². The van der Waals surface area contributed by atoms with E-state index in [1.165, 1.54) is 0 Å². The summed E-state index contributed by atoms with van der Waals surface area (Å²) >= 11 is 0. The lowest BCUT2D eigenvalue weighted by Gasteiger charge is -2.03. The van der Waals surface area contributed by atoms with Crippen molar-refractivity contribution in [2.24, 2.45) is 0 Å². The van der Waals surface area contributed by atoms with Gasteiger partial charge in [0.05, 0.1) is 0 Å². The molecule has 2 N–H and O–H groups in total. The quantitative estimate of drug-likeness (QED) is 0.428. The Balaban J connectivity index is 3.84. The molecule has 0 radical (unpaired) electrons. The Bertz CT molecular complexity index is 593. The third-order valence-corrected chi connectivity index (χ3v) is 4.79. The molecule has 0 aromatic heterocycles. The van der Waals surface area contributed by atoms with Crippen molar-refractivity contribution in [1.82, 2.24) is 0 Å². The molecular formula is C22H34O2Si2. The van der Waals surface area contributed by atoms with Crippen LogP contribution in [0.25, 0.3) is 0 Å². The summed E-state index contributed by atoms with van der Waals surface area (Å²) in [6.07, 6.45) is 4.22. The van der Waals surface area contributed by atoms with Crippen molar-refractivity contribution in [3.8, 4) is 46.6 Å². The van der Waals surface area contributed by atoms with Crippen LogP contribution in [-0.2, 0) is 0 Å². The van der Waals surface area contributed by atoms with Gasteiger partial charge < -0.3 is 10.2 Å². The summed E-state index contributed by atoms with van der Waals surface area (Å²) in [4.78, 5) is 0. The van der Waals surface area contributed by atoms with Crippen LogP contribution in [0, 0.1) is 46.6 Å². The van der Waals surface area contributed by atoms with Crippen LogP contribution in [0.5, 0.6) is 0 Å². The van der Waals surface area contributed by atoms with Crippen LogP contribution in [0.2, 0.25) is 39.3 Å². The first-order valence-corrected chi connectivity index (χ1v) is 16.4. The summed E-state index contributed by atoms with van der Waals surface area (Å²) in [5.41, 5.74) is 6.25. The highest BCUT2D eigenvalue weighted by Gasteiger charge is 2.08. The lowest BCUT2D eigenvalue weighted by atomic mass is 10.1. The number of rotatable bonds is 5.